The van der Waals surface area contributed by atoms with Crippen LogP contribution in [0.2, 0.25) is 5.02 Å². The molecule has 1 aromatic heterocycles. The van der Waals surface area contributed by atoms with Gasteiger partial charge < -0.3 is 4.57 Å². The molecule has 3 rings (SSSR count). The van der Waals surface area contributed by atoms with Crippen LogP contribution in [-0.2, 0) is 18.7 Å². The van der Waals surface area contributed by atoms with Crippen LogP contribution in [0.5, 0.6) is 0 Å². The van der Waals surface area contributed by atoms with Crippen LogP contribution in [0.1, 0.15) is 29.8 Å². The summed E-state index contributed by atoms with van der Waals surface area (Å²) in [6.07, 6.45) is 6.58. The fraction of sp³-hybridized carbons (Fsp3) is 0.357. The molecule has 0 saturated carbocycles. The minimum Gasteiger partial charge on any atom is -0.303 e. The Morgan fingerprint density at radius 3 is 2.89 bits per heavy atom. The van der Waals surface area contributed by atoms with Crippen molar-refractivity contribution in [2.75, 3.05) is 0 Å². The van der Waals surface area contributed by atoms with Crippen molar-refractivity contribution in [3.8, 4) is 5.69 Å². The maximum atomic E-state index is 6.02. The fourth-order valence-corrected chi connectivity index (χ4v) is 2.98. The Morgan fingerprint density at radius 1 is 1.22 bits per heavy atom. The highest BCUT2D eigenvalue weighted by atomic mass is 35.5. The van der Waals surface area contributed by atoms with Crippen LogP contribution < -0.4 is 0 Å². The zero-order chi connectivity index (χ0) is 12.5. The van der Waals surface area contributed by atoms with Gasteiger partial charge in [-0.1, -0.05) is 11.6 Å². The molecule has 0 amide bonds. The van der Waals surface area contributed by atoms with E-state index >= 15 is 0 Å². The smallest absolute Gasteiger partial charge is 0.0997 e. The van der Waals surface area contributed by atoms with Crippen molar-refractivity contribution in [3.05, 3.63) is 46.5 Å². The second-order valence-electron chi connectivity index (χ2n) is 4.62. The van der Waals surface area contributed by atoms with Gasteiger partial charge in [0, 0.05) is 16.6 Å². The summed E-state index contributed by atoms with van der Waals surface area (Å²) in [6, 6.07) is 5.86. The molecule has 0 atom stereocenters. The average Bonchev–Trinajstić information content (AvgIpc) is 2.82. The Bertz CT molecular complexity index is 575. The first-order valence-corrected chi connectivity index (χ1v) is 7.10. The van der Waals surface area contributed by atoms with Crippen LogP contribution in [-0.4, -0.2) is 9.55 Å². The van der Waals surface area contributed by atoms with E-state index in [0.717, 1.165) is 29.1 Å². The van der Waals surface area contributed by atoms with E-state index in [0.29, 0.717) is 5.88 Å². The number of hydrogen-bond donors (Lipinski definition) is 0. The van der Waals surface area contributed by atoms with Crippen molar-refractivity contribution in [1.82, 2.24) is 9.55 Å². The van der Waals surface area contributed by atoms with E-state index in [1.165, 1.54) is 24.2 Å². The first kappa shape index (κ1) is 12.1. The summed E-state index contributed by atoms with van der Waals surface area (Å²) in [5, 5.41) is 0.725. The van der Waals surface area contributed by atoms with Gasteiger partial charge in [-0.25, -0.2) is 4.98 Å². The summed E-state index contributed by atoms with van der Waals surface area (Å²) < 4.78 is 2.17. The Hall–Kier alpha value is -0.990. The van der Waals surface area contributed by atoms with Crippen LogP contribution in [0.3, 0.4) is 0 Å². The van der Waals surface area contributed by atoms with Gasteiger partial charge in [0.15, 0.2) is 0 Å². The number of aromatic nitrogens is 2. The highest BCUT2D eigenvalue weighted by molar-refractivity contribution is 6.30. The average molecular weight is 281 g/mol. The lowest BCUT2D eigenvalue weighted by molar-refractivity contribution is 0.655. The number of hydrogen-bond acceptors (Lipinski definition) is 1. The number of benzene rings is 1. The van der Waals surface area contributed by atoms with Crippen LogP contribution >= 0.6 is 23.2 Å². The lowest BCUT2D eigenvalue weighted by Gasteiger charge is -2.16. The molecule has 4 heteroatoms. The summed E-state index contributed by atoms with van der Waals surface area (Å²) in [7, 11) is 0. The molecule has 0 spiro atoms. The van der Waals surface area contributed by atoms with Crippen molar-refractivity contribution in [2.45, 2.75) is 31.6 Å². The molecule has 94 valence electrons. The number of rotatable bonds is 2. The van der Waals surface area contributed by atoms with Gasteiger partial charge in [-0.15, -0.1) is 11.6 Å². The molecule has 0 N–H and O–H groups in total. The number of nitrogens with zero attached hydrogens (tertiary/aromatic N) is 2. The number of imidazole rings is 1. The highest BCUT2D eigenvalue weighted by Crippen LogP contribution is 2.27. The molecule has 0 unspecified atom stereocenters. The van der Waals surface area contributed by atoms with Gasteiger partial charge in [0.05, 0.1) is 17.7 Å². The molecule has 1 aromatic carbocycles. The van der Waals surface area contributed by atoms with E-state index in [9.17, 15) is 0 Å². The lowest BCUT2D eigenvalue weighted by Crippen LogP contribution is -2.08. The van der Waals surface area contributed by atoms with E-state index in [1.807, 2.05) is 24.5 Å². The second-order valence-corrected chi connectivity index (χ2v) is 5.33. The monoisotopic (exact) mass is 280 g/mol. The topological polar surface area (TPSA) is 17.8 Å². The molecule has 2 nitrogen and oxygen atoms in total. The van der Waals surface area contributed by atoms with Gasteiger partial charge in [0.2, 0.25) is 0 Å². The van der Waals surface area contributed by atoms with Crippen molar-refractivity contribution in [2.24, 2.45) is 0 Å². The van der Waals surface area contributed by atoms with Crippen LogP contribution in [0.25, 0.3) is 5.69 Å². The first-order valence-electron chi connectivity index (χ1n) is 6.19. The van der Waals surface area contributed by atoms with E-state index in [-0.39, 0.29) is 0 Å². The van der Waals surface area contributed by atoms with Crippen molar-refractivity contribution < 1.29 is 0 Å². The van der Waals surface area contributed by atoms with Crippen molar-refractivity contribution in [1.29, 1.82) is 0 Å². The Labute approximate surface area is 117 Å². The van der Waals surface area contributed by atoms with Crippen LogP contribution in [0.4, 0.5) is 0 Å². The third-order valence-corrected chi connectivity index (χ3v) is 4.00. The van der Waals surface area contributed by atoms with Gasteiger partial charge in [-0.3, -0.25) is 0 Å². The molecule has 18 heavy (non-hydrogen) atoms. The molecule has 0 radical (unpaired) electrons. The van der Waals surface area contributed by atoms with E-state index in [1.54, 1.807) is 0 Å². The third kappa shape index (κ3) is 2.04. The van der Waals surface area contributed by atoms with E-state index in [4.69, 9.17) is 23.2 Å². The number of halogens is 2. The van der Waals surface area contributed by atoms with Gasteiger partial charge in [0.25, 0.3) is 0 Å². The molecule has 0 fully saturated rings. The predicted molar refractivity (Wildman–Crippen MR) is 74.8 cm³/mol. The van der Waals surface area contributed by atoms with Crippen molar-refractivity contribution >= 4 is 23.2 Å². The second kappa shape index (κ2) is 4.94. The van der Waals surface area contributed by atoms with E-state index in [2.05, 4.69) is 9.55 Å². The summed E-state index contributed by atoms with van der Waals surface area (Å²) in [5.74, 6) is 0.461. The summed E-state index contributed by atoms with van der Waals surface area (Å²) in [4.78, 5) is 4.52. The maximum absolute atomic E-state index is 6.02. The standard InChI is InChI=1S/C14H14Cl2N2/c15-8-10-7-11(16)5-6-13(10)18-9-17-12-3-1-2-4-14(12)18/h5-7,9H,1-4,8H2. The zero-order valence-electron chi connectivity index (χ0n) is 10.00. The Balaban J connectivity index is 2.12. The molecule has 0 aliphatic heterocycles. The summed E-state index contributed by atoms with van der Waals surface area (Å²) >= 11 is 12.0. The Morgan fingerprint density at radius 2 is 2.06 bits per heavy atom. The van der Waals surface area contributed by atoms with Crippen LogP contribution in [0, 0.1) is 0 Å². The maximum Gasteiger partial charge on any atom is 0.0997 e. The Kier molecular flexibility index (Phi) is 3.31. The predicted octanol–water partition coefficient (Wildman–Crippen LogP) is 4.14. The van der Waals surface area contributed by atoms with Crippen LogP contribution in [0.15, 0.2) is 24.5 Å². The number of fused-ring (bicyclic) bond motifs is 1. The van der Waals surface area contributed by atoms with Gasteiger partial charge in [0.1, 0.15) is 0 Å². The van der Waals surface area contributed by atoms with Gasteiger partial charge in [-0.2, -0.15) is 0 Å². The normalized spacial score (nSPS) is 14.6. The van der Waals surface area contributed by atoms with E-state index < -0.39 is 0 Å². The third-order valence-electron chi connectivity index (χ3n) is 3.48. The summed E-state index contributed by atoms with van der Waals surface area (Å²) in [5.41, 5.74) is 4.71. The minimum atomic E-state index is 0.461. The zero-order valence-corrected chi connectivity index (χ0v) is 11.5. The largest absolute Gasteiger partial charge is 0.303 e. The number of alkyl halides is 1. The molecule has 2 aromatic rings. The van der Waals surface area contributed by atoms with Gasteiger partial charge in [-0.05, 0) is 49.4 Å². The molecule has 1 aliphatic carbocycles. The first-order chi connectivity index (χ1) is 8.79. The SMILES string of the molecule is ClCc1cc(Cl)ccc1-n1cnc2c1CCCC2. The molecule has 1 heterocycles. The van der Waals surface area contributed by atoms with Gasteiger partial charge >= 0.3 is 0 Å². The highest BCUT2D eigenvalue weighted by Gasteiger charge is 2.17. The minimum absolute atomic E-state index is 0.461. The number of aryl methyl sites for hydroxylation is 1. The lowest BCUT2D eigenvalue weighted by atomic mass is 10.0. The molecule has 0 saturated heterocycles. The quantitative estimate of drug-likeness (QED) is 0.756. The molecule has 0 bridgehead atoms. The van der Waals surface area contributed by atoms with Crippen molar-refractivity contribution in [3.63, 3.8) is 0 Å². The molecular weight excluding hydrogens is 267 g/mol. The molecular formula is C14H14Cl2N2. The molecule has 1 aliphatic rings. The fourth-order valence-electron chi connectivity index (χ4n) is 2.57. The summed E-state index contributed by atoms with van der Waals surface area (Å²) in [6.45, 7) is 0.